The summed E-state index contributed by atoms with van der Waals surface area (Å²) in [6.45, 7) is 8.09. The SMILES string of the molecule is CCCCC(CCCC)CCCCCOC(=O)C(C)(COC)COC(C)=O. The molecule has 0 aliphatic carbocycles. The molecule has 0 saturated heterocycles. The number of hydrogen-bond acceptors (Lipinski definition) is 5. The highest BCUT2D eigenvalue weighted by Gasteiger charge is 2.36. The standard InChI is InChI=1S/C22H42O5/c1-6-8-13-20(14-9-7-2)15-11-10-12-16-26-21(24)22(4,17-25-5)18-27-19(3)23/h20H,6-18H2,1-5H3. The molecular formula is C22H42O5. The fourth-order valence-electron chi connectivity index (χ4n) is 3.21. The second-order valence-corrected chi connectivity index (χ2v) is 7.91. The van der Waals surface area contributed by atoms with Gasteiger partial charge >= 0.3 is 11.9 Å². The first-order chi connectivity index (χ1) is 12.9. The van der Waals surface area contributed by atoms with E-state index in [1.807, 2.05) is 0 Å². The number of carbonyl (C=O) groups is 2. The Morgan fingerprint density at radius 3 is 1.96 bits per heavy atom. The Bertz CT molecular complexity index is 388. The molecular weight excluding hydrogens is 344 g/mol. The van der Waals surface area contributed by atoms with Crippen molar-refractivity contribution < 1.29 is 23.8 Å². The molecule has 0 spiro atoms. The molecule has 0 rings (SSSR count). The van der Waals surface area contributed by atoms with E-state index in [2.05, 4.69) is 13.8 Å². The molecule has 160 valence electrons. The van der Waals surface area contributed by atoms with Crippen LogP contribution in [0.15, 0.2) is 0 Å². The lowest BCUT2D eigenvalue weighted by molar-refractivity contribution is -0.166. The van der Waals surface area contributed by atoms with E-state index < -0.39 is 11.4 Å². The van der Waals surface area contributed by atoms with Crippen LogP contribution in [0.2, 0.25) is 0 Å². The Labute approximate surface area is 166 Å². The van der Waals surface area contributed by atoms with Gasteiger partial charge in [0.05, 0.1) is 13.2 Å². The summed E-state index contributed by atoms with van der Waals surface area (Å²) < 4.78 is 15.5. The Balaban J connectivity index is 4.11. The number of methoxy groups -OCH3 is 1. The highest BCUT2D eigenvalue weighted by atomic mass is 16.6. The molecule has 27 heavy (non-hydrogen) atoms. The quantitative estimate of drug-likeness (QED) is 0.251. The molecule has 0 fully saturated rings. The zero-order valence-corrected chi connectivity index (χ0v) is 18.3. The summed E-state index contributed by atoms with van der Waals surface area (Å²) in [4.78, 5) is 23.4. The van der Waals surface area contributed by atoms with E-state index in [4.69, 9.17) is 14.2 Å². The van der Waals surface area contributed by atoms with Gasteiger partial charge in [0.25, 0.3) is 0 Å². The van der Waals surface area contributed by atoms with Crippen molar-refractivity contribution in [1.82, 2.24) is 0 Å². The predicted octanol–water partition coefficient (Wildman–Crippen LogP) is 5.30. The van der Waals surface area contributed by atoms with Crippen molar-refractivity contribution in [2.24, 2.45) is 11.3 Å². The molecule has 1 unspecified atom stereocenters. The molecule has 0 aromatic carbocycles. The zero-order chi connectivity index (χ0) is 20.5. The number of rotatable bonds is 17. The third kappa shape index (κ3) is 12.8. The lowest BCUT2D eigenvalue weighted by atomic mass is 9.91. The number of carbonyl (C=O) groups excluding carboxylic acids is 2. The minimum atomic E-state index is -0.953. The molecule has 1 atom stereocenters. The summed E-state index contributed by atoms with van der Waals surface area (Å²) in [6.07, 6.45) is 12.3. The first-order valence-corrected chi connectivity index (χ1v) is 10.7. The van der Waals surface area contributed by atoms with Crippen molar-refractivity contribution in [3.8, 4) is 0 Å². The highest BCUT2D eigenvalue weighted by molar-refractivity contribution is 5.77. The largest absolute Gasteiger partial charge is 0.465 e. The predicted molar refractivity (Wildman–Crippen MR) is 109 cm³/mol. The molecule has 0 heterocycles. The van der Waals surface area contributed by atoms with Crippen LogP contribution >= 0.6 is 0 Å². The van der Waals surface area contributed by atoms with Crippen molar-refractivity contribution in [3.05, 3.63) is 0 Å². The van der Waals surface area contributed by atoms with Gasteiger partial charge in [-0.3, -0.25) is 9.59 Å². The summed E-state index contributed by atoms with van der Waals surface area (Å²) >= 11 is 0. The van der Waals surface area contributed by atoms with Gasteiger partial charge in [-0.2, -0.15) is 0 Å². The van der Waals surface area contributed by atoms with Gasteiger partial charge in [0, 0.05) is 14.0 Å². The first-order valence-electron chi connectivity index (χ1n) is 10.7. The Hall–Kier alpha value is -1.10. The molecule has 0 aromatic heterocycles. The van der Waals surface area contributed by atoms with Crippen LogP contribution in [-0.4, -0.2) is 38.9 Å². The van der Waals surface area contributed by atoms with E-state index in [1.165, 1.54) is 65.4 Å². The van der Waals surface area contributed by atoms with Crippen LogP contribution in [0.25, 0.3) is 0 Å². The molecule has 0 aliphatic rings. The van der Waals surface area contributed by atoms with Gasteiger partial charge in [-0.1, -0.05) is 71.6 Å². The lowest BCUT2D eigenvalue weighted by Crippen LogP contribution is -2.39. The third-order valence-corrected chi connectivity index (χ3v) is 4.97. The minimum absolute atomic E-state index is 0.0223. The maximum absolute atomic E-state index is 12.4. The summed E-state index contributed by atoms with van der Waals surface area (Å²) in [7, 11) is 1.52. The maximum atomic E-state index is 12.4. The summed E-state index contributed by atoms with van der Waals surface area (Å²) in [5.74, 6) is 0.0707. The van der Waals surface area contributed by atoms with E-state index in [9.17, 15) is 9.59 Å². The van der Waals surface area contributed by atoms with Crippen LogP contribution in [0.3, 0.4) is 0 Å². The topological polar surface area (TPSA) is 61.8 Å². The normalized spacial score (nSPS) is 13.4. The van der Waals surface area contributed by atoms with E-state index >= 15 is 0 Å². The molecule has 5 heteroatoms. The van der Waals surface area contributed by atoms with E-state index in [0.29, 0.717) is 6.61 Å². The van der Waals surface area contributed by atoms with Crippen molar-refractivity contribution >= 4 is 11.9 Å². The number of esters is 2. The Morgan fingerprint density at radius 2 is 1.44 bits per heavy atom. The average molecular weight is 387 g/mol. The van der Waals surface area contributed by atoms with E-state index in [0.717, 1.165) is 18.8 Å². The molecule has 0 radical (unpaired) electrons. The number of unbranched alkanes of at least 4 members (excludes halogenated alkanes) is 4. The van der Waals surface area contributed by atoms with Crippen molar-refractivity contribution in [3.63, 3.8) is 0 Å². The van der Waals surface area contributed by atoms with Gasteiger partial charge in [0.15, 0.2) is 0 Å². The highest BCUT2D eigenvalue weighted by Crippen LogP contribution is 2.23. The van der Waals surface area contributed by atoms with E-state index in [1.54, 1.807) is 6.92 Å². The van der Waals surface area contributed by atoms with E-state index in [-0.39, 0.29) is 19.2 Å². The van der Waals surface area contributed by atoms with Gasteiger partial charge in [-0.15, -0.1) is 0 Å². The molecule has 0 bridgehead atoms. The molecule has 5 nitrogen and oxygen atoms in total. The summed E-state index contributed by atoms with van der Waals surface area (Å²) in [6, 6.07) is 0. The first kappa shape index (κ1) is 25.9. The maximum Gasteiger partial charge on any atom is 0.317 e. The van der Waals surface area contributed by atoms with Crippen LogP contribution in [0.5, 0.6) is 0 Å². The van der Waals surface area contributed by atoms with Gasteiger partial charge in [-0.05, 0) is 19.3 Å². The second kappa shape index (κ2) is 15.9. The second-order valence-electron chi connectivity index (χ2n) is 7.91. The van der Waals surface area contributed by atoms with Crippen LogP contribution < -0.4 is 0 Å². The summed E-state index contributed by atoms with van der Waals surface area (Å²) in [5.41, 5.74) is -0.953. The van der Waals surface area contributed by atoms with Crippen molar-refractivity contribution in [2.75, 3.05) is 26.9 Å². The van der Waals surface area contributed by atoms with Gasteiger partial charge in [0.2, 0.25) is 0 Å². The Kier molecular flexibility index (Phi) is 15.3. The molecule has 0 amide bonds. The van der Waals surface area contributed by atoms with Gasteiger partial charge in [-0.25, -0.2) is 0 Å². The van der Waals surface area contributed by atoms with Gasteiger partial charge in [0.1, 0.15) is 12.0 Å². The number of hydrogen-bond donors (Lipinski definition) is 0. The molecule has 0 aromatic rings. The lowest BCUT2D eigenvalue weighted by Gasteiger charge is -2.25. The smallest absolute Gasteiger partial charge is 0.317 e. The fourth-order valence-corrected chi connectivity index (χ4v) is 3.21. The third-order valence-electron chi connectivity index (χ3n) is 4.97. The number of ether oxygens (including phenoxy) is 3. The van der Waals surface area contributed by atoms with Crippen LogP contribution in [0.1, 0.15) is 91.9 Å². The van der Waals surface area contributed by atoms with Crippen LogP contribution in [-0.2, 0) is 23.8 Å². The van der Waals surface area contributed by atoms with Gasteiger partial charge < -0.3 is 14.2 Å². The Morgan fingerprint density at radius 1 is 0.852 bits per heavy atom. The molecule has 0 aliphatic heterocycles. The van der Waals surface area contributed by atoms with Crippen molar-refractivity contribution in [2.45, 2.75) is 91.9 Å². The zero-order valence-electron chi connectivity index (χ0n) is 18.3. The monoisotopic (exact) mass is 386 g/mol. The fraction of sp³-hybridized carbons (Fsp3) is 0.909. The average Bonchev–Trinajstić information content (AvgIpc) is 2.64. The summed E-state index contributed by atoms with van der Waals surface area (Å²) in [5, 5.41) is 0. The minimum Gasteiger partial charge on any atom is -0.465 e. The van der Waals surface area contributed by atoms with Crippen molar-refractivity contribution in [1.29, 1.82) is 0 Å². The van der Waals surface area contributed by atoms with Crippen LogP contribution in [0, 0.1) is 11.3 Å². The molecule has 0 saturated carbocycles. The molecule has 0 N–H and O–H groups in total. The van der Waals surface area contributed by atoms with Crippen LogP contribution in [0.4, 0.5) is 0 Å².